The predicted molar refractivity (Wildman–Crippen MR) is 79.4 cm³/mol. The Hall–Kier alpha value is -1.08. The third-order valence-electron chi connectivity index (χ3n) is 4.31. The summed E-state index contributed by atoms with van der Waals surface area (Å²) in [4.78, 5) is 0. The molecule has 1 heteroatoms. The maximum absolute atomic E-state index is 3.69. The molecule has 0 amide bonds. The molecule has 98 valence electrons. The van der Waals surface area contributed by atoms with E-state index in [9.17, 15) is 0 Å². The van der Waals surface area contributed by atoms with E-state index in [1.165, 1.54) is 24.8 Å². The van der Waals surface area contributed by atoms with Crippen molar-refractivity contribution in [2.45, 2.75) is 39.2 Å². The van der Waals surface area contributed by atoms with Crippen molar-refractivity contribution >= 4 is 6.08 Å². The van der Waals surface area contributed by atoms with Gasteiger partial charge in [0.2, 0.25) is 0 Å². The van der Waals surface area contributed by atoms with Gasteiger partial charge in [0.15, 0.2) is 0 Å². The molecule has 3 atom stereocenters. The van der Waals surface area contributed by atoms with Crippen LogP contribution in [-0.2, 0) is 0 Å². The molecule has 0 aromatic heterocycles. The summed E-state index contributed by atoms with van der Waals surface area (Å²) in [5.41, 5.74) is 1.28. The molecule has 0 aliphatic heterocycles. The Kier molecular flexibility index (Phi) is 5.00. The molecule has 1 nitrogen and oxygen atoms in total. The third-order valence-corrected chi connectivity index (χ3v) is 4.31. The molecule has 18 heavy (non-hydrogen) atoms. The summed E-state index contributed by atoms with van der Waals surface area (Å²) in [5.74, 6) is 1.68. The van der Waals surface area contributed by atoms with Crippen LogP contribution in [0.1, 0.15) is 38.7 Å². The van der Waals surface area contributed by atoms with E-state index in [2.05, 4.69) is 61.6 Å². The molecule has 1 saturated carbocycles. The summed E-state index contributed by atoms with van der Waals surface area (Å²) in [5, 5.41) is 3.69. The summed E-state index contributed by atoms with van der Waals surface area (Å²) >= 11 is 0. The largest absolute Gasteiger partial charge is 0.310 e. The van der Waals surface area contributed by atoms with Crippen molar-refractivity contribution in [2.75, 3.05) is 6.54 Å². The molecule has 0 spiro atoms. The van der Waals surface area contributed by atoms with Gasteiger partial charge in [0, 0.05) is 12.6 Å². The fraction of sp³-hybridized carbons (Fsp3) is 0.529. The van der Waals surface area contributed by atoms with Gasteiger partial charge in [-0.3, -0.25) is 0 Å². The zero-order valence-electron chi connectivity index (χ0n) is 11.6. The minimum absolute atomic E-state index is 0.703. The quantitative estimate of drug-likeness (QED) is 0.839. The van der Waals surface area contributed by atoms with Crippen LogP contribution < -0.4 is 5.32 Å². The van der Waals surface area contributed by atoms with Gasteiger partial charge >= 0.3 is 0 Å². The zero-order valence-corrected chi connectivity index (χ0v) is 11.6. The van der Waals surface area contributed by atoms with Crippen molar-refractivity contribution in [3.8, 4) is 0 Å². The Balaban J connectivity index is 1.76. The Morgan fingerprint density at radius 1 is 1.17 bits per heavy atom. The molecular formula is C17H25N. The van der Waals surface area contributed by atoms with Crippen LogP contribution in [0.5, 0.6) is 0 Å². The lowest BCUT2D eigenvalue weighted by molar-refractivity contribution is 0.211. The summed E-state index contributed by atoms with van der Waals surface area (Å²) in [6.07, 6.45) is 8.56. The van der Waals surface area contributed by atoms with Crippen molar-refractivity contribution in [1.82, 2.24) is 5.32 Å². The van der Waals surface area contributed by atoms with Gasteiger partial charge in [0.25, 0.3) is 0 Å². The van der Waals surface area contributed by atoms with E-state index in [1.807, 2.05) is 0 Å². The molecule has 0 heterocycles. The zero-order chi connectivity index (χ0) is 12.8. The molecule has 2 rings (SSSR count). The first-order valence-electron chi connectivity index (χ1n) is 7.22. The van der Waals surface area contributed by atoms with Crippen LogP contribution in [0.2, 0.25) is 0 Å². The smallest absolute Gasteiger partial charge is 0.0140 e. The summed E-state index contributed by atoms with van der Waals surface area (Å²) < 4.78 is 0. The molecule has 0 radical (unpaired) electrons. The molecule has 0 saturated heterocycles. The molecular weight excluding hydrogens is 218 g/mol. The highest BCUT2D eigenvalue weighted by atomic mass is 14.9. The minimum Gasteiger partial charge on any atom is -0.310 e. The van der Waals surface area contributed by atoms with Gasteiger partial charge in [-0.05, 0) is 23.8 Å². The Labute approximate surface area is 111 Å². The maximum atomic E-state index is 3.69. The first-order valence-corrected chi connectivity index (χ1v) is 7.22. The molecule has 1 aliphatic carbocycles. The lowest BCUT2D eigenvalue weighted by Gasteiger charge is -2.34. The van der Waals surface area contributed by atoms with Gasteiger partial charge < -0.3 is 5.32 Å². The highest BCUT2D eigenvalue weighted by Crippen LogP contribution is 2.29. The van der Waals surface area contributed by atoms with Crippen LogP contribution in [0.4, 0.5) is 0 Å². The third kappa shape index (κ3) is 3.71. The molecule has 3 unspecified atom stereocenters. The van der Waals surface area contributed by atoms with Gasteiger partial charge in [0.1, 0.15) is 0 Å². The second kappa shape index (κ2) is 6.75. The SMILES string of the molecule is CC1CCCC(NCC=Cc2ccccc2)C1C. The number of benzene rings is 1. The highest BCUT2D eigenvalue weighted by molar-refractivity contribution is 5.48. The van der Waals surface area contributed by atoms with E-state index < -0.39 is 0 Å². The number of nitrogens with one attached hydrogen (secondary N) is 1. The maximum Gasteiger partial charge on any atom is 0.0140 e. The molecule has 1 fully saturated rings. The first-order chi connectivity index (χ1) is 8.77. The average Bonchev–Trinajstić information content (AvgIpc) is 2.40. The van der Waals surface area contributed by atoms with Crippen molar-refractivity contribution in [3.05, 3.63) is 42.0 Å². The van der Waals surface area contributed by atoms with Crippen LogP contribution in [0, 0.1) is 11.8 Å². The highest BCUT2D eigenvalue weighted by Gasteiger charge is 2.25. The van der Waals surface area contributed by atoms with Gasteiger partial charge in [-0.2, -0.15) is 0 Å². The summed E-state index contributed by atoms with van der Waals surface area (Å²) in [6.45, 7) is 5.76. The van der Waals surface area contributed by atoms with E-state index in [0.29, 0.717) is 6.04 Å². The van der Waals surface area contributed by atoms with E-state index in [4.69, 9.17) is 0 Å². The number of hydrogen-bond acceptors (Lipinski definition) is 1. The van der Waals surface area contributed by atoms with E-state index in [0.717, 1.165) is 18.4 Å². The number of hydrogen-bond donors (Lipinski definition) is 1. The topological polar surface area (TPSA) is 12.0 Å². The lowest BCUT2D eigenvalue weighted by atomic mass is 9.78. The summed E-state index contributed by atoms with van der Waals surface area (Å²) in [6, 6.07) is 11.2. The van der Waals surface area contributed by atoms with Crippen LogP contribution in [0.25, 0.3) is 6.08 Å². The molecule has 1 aromatic rings. The monoisotopic (exact) mass is 243 g/mol. The van der Waals surface area contributed by atoms with Crippen molar-refractivity contribution < 1.29 is 0 Å². The fourth-order valence-corrected chi connectivity index (χ4v) is 2.85. The molecule has 1 aliphatic rings. The van der Waals surface area contributed by atoms with E-state index in [1.54, 1.807) is 0 Å². The van der Waals surface area contributed by atoms with Crippen molar-refractivity contribution in [2.24, 2.45) is 11.8 Å². The second-order valence-corrected chi connectivity index (χ2v) is 5.60. The van der Waals surface area contributed by atoms with Crippen LogP contribution in [-0.4, -0.2) is 12.6 Å². The standard InChI is InChI=1S/C17H25N/c1-14-8-6-12-17(15(14)2)18-13-7-11-16-9-4-3-5-10-16/h3-5,7,9-11,14-15,17-18H,6,8,12-13H2,1-2H3. The van der Waals surface area contributed by atoms with Gasteiger partial charge in [0.05, 0.1) is 0 Å². The van der Waals surface area contributed by atoms with Crippen molar-refractivity contribution in [3.63, 3.8) is 0 Å². The number of rotatable bonds is 4. The second-order valence-electron chi connectivity index (χ2n) is 5.60. The fourth-order valence-electron chi connectivity index (χ4n) is 2.85. The van der Waals surface area contributed by atoms with Crippen LogP contribution in [0.15, 0.2) is 36.4 Å². The van der Waals surface area contributed by atoms with E-state index >= 15 is 0 Å². The van der Waals surface area contributed by atoms with E-state index in [-0.39, 0.29) is 0 Å². The van der Waals surface area contributed by atoms with Crippen LogP contribution >= 0.6 is 0 Å². The van der Waals surface area contributed by atoms with Crippen LogP contribution in [0.3, 0.4) is 0 Å². The Bertz CT molecular complexity index is 368. The van der Waals surface area contributed by atoms with Gasteiger partial charge in [-0.1, -0.05) is 69.2 Å². The minimum atomic E-state index is 0.703. The first kappa shape index (κ1) is 13.4. The van der Waals surface area contributed by atoms with Gasteiger partial charge in [-0.15, -0.1) is 0 Å². The molecule has 1 aromatic carbocycles. The van der Waals surface area contributed by atoms with Gasteiger partial charge in [-0.25, -0.2) is 0 Å². The average molecular weight is 243 g/mol. The molecule has 0 bridgehead atoms. The predicted octanol–water partition coefficient (Wildman–Crippen LogP) is 4.11. The normalized spacial score (nSPS) is 28.7. The Morgan fingerprint density at radius 3 is 2.72 bits per heavy atom. The molecule has 1 N–H and O–H groups in total. The Morgan fingerprint density at radius 2 is 1.94 bits per heavy atom. The lowest BCUT2D eigenvalue weighted by Crippen LogP contribution is -2.40. The summed E-state index contributed by atoms with van der Waals surface area (Å²) in [7, 11) is 0. The van der Waals surface area contributed by atoms with Crippen molar-refractivity contribution in [1.29, 1.82) is 0 Å².